The Bertz CT molecular complexity index is 1350. The van der Waals surface area contributed by atoms with E-state index >= 15 is 0 Å². The molecule has 0 spiro atoms. The highest BCUT2D eigenvalue weighted by Crippen LogP contribution is 2.25. The Morgan fingerprint density at radius 3 is 2.53 bits per heavy atom. The van der Waals surface area contributed by atoms with Crippen LogP contribution in [-0.4, -0.2) is 27.0 Å². The molecule has 0 fully saturated rings. The fourth-order valence-corrected chi connectivity index (χ4v) is 4.13. The highest BCUT2D eigenvalue weighted by atomic mass is 19.1. The molecule has 6 nitrogen and oxygen atoms in total. The van der Waals surface area contributed by atoms with E-state index in [4.69, 9.17) is 4.98 Å². The predicted molar refractivity (Wildman–Crippen MR) is 132 cm³/mol. The van der Waals surface area contributed by atoms with Crippen molar-refractivity contribution in [3.8, 4) is 0 Å². The molecule has 1 unspecified atom stereocenters. The predicted octanol–water partition coefficient (Wildman–Crippen LogP) is 5.30. The third kappa shape index (κ3) is 4.98. The Kier molecular flexibility index (Phi) is 7.01. The van der Waals surface area contributed by atoms with Gasteiger partial charge in [0.15, 0.2) is 0 Å². The maximum Gasteiger partial charge on any atom is 0.322 e. The monoisotopic (exact) mass is 458 g/mol. The molecule has 4 rings (SSSR count). The molecule has 1 aromatic heterocycles. The molecular weight excluding hydrogens is 431 g/mol. The van der Waals surface area contributed by atoms with E-state index in [1.54, 1.807) is 42.3 Å². The number of hydrogen-bond donors (Lipinski definition) is 1. The smallest absolute Gasteiger partial charge is 0.314 e. The zero-order chi connectivity index (χ0) is 24.1. The van der Waals surface area contributed by atoms with E-state index in [-0.39, 0.29) is 11.6 Å². The second-order valence-electron chi connectivity index (χ2n) is 8.14. The Labute approximate surface area is 197 Å². The van der Waals surface area contributed by atoms with E-state index < -0.39 is 11.9 Å². The average Bonchev–Trinajstić information content (AvgIpc) is 2.85. The van der Waals surface area contributed by atoms with Gasteiger partial charge in [-0.1, -0.05) is 55.5 Å². The number of hydrogen-bond acceptors (Lipinski definition) is 3. The number of amides is 2. The summed E-state index contributed by atoms with van der Waals surface area (Å²) >= 11 is 0. The quantitative estimate of drug-likeness (QED) is 0.409. The van der Waals surface area contributed by atoms with E-state index in [9.17, 15) is 14.0 Å². The second-order valence-corrected chi connectivity index (χ2v) is 8.14. The molecule has 0 saturated carbocycles. The first-order valence-corrected chi connectivity index (χ1v) is 11.3. The average molecular weight is 459 g/mol. The zero-order valence-electron chi connectivity index (χ0n) is 19.2. The normalized spacial score (nSPS) is 11.9. The van der Waals surface area contributed by atoms with Crippen LogP contribution in [-0.2, 0) is 13.5 Å². The Morgan fingerprint density at radius 2 is 1.79 bits per heavy atom. The van der Waals surface area contributed by atoms with Crippen molar-refractivity contribution in [3.63, 3.8) is 0 Å². The van der Waals surface area contributed by atoms with Gasteiger partial charge in [-0.05, 0) is 48.7 Å². The van der Waals surface area contributed by atoms with E-state index in [1.165, 1.54) is 16.7 Å². The first kappa shape index (κ1) is 23.2. The van der Waals surface area contributed by atoms with Gasteiger partial charge in [0.2, 0.25) is 0 Å². The van der Waals surface area contributed by atoms with Gasteiger partial charge in [0.1, 0.15) is 11.6 Å². The number of aromatic nitrogens is 2. The van der Waals surface area contributed by atoms with Crippen LogP contribution < -0.4 is 10.9 Å². The SMILES string of the molecule is CCC(c1nc2ccccc2c(=O)n1C)N(CCc1ccccc1)C(=O)Nc1cccc(F)c1. The van der Waals surface area contributed by atoms with Crippen molar-refractivity contribution >= 4 is 22.6 Å². The van der Waals surface area contributed by atoms with Gasteiger partial charge in [0, 0.05) is 19.3 Å². The molecule has 34 heavy (non-hydrogen) atoms. The third-order valence-electron chi connectivity index (χ3n) is 5.90. The van der Waals surface area contributed by atoms with Crippen molar-refractivity contribution in [3.05, 3.63) is 106 Å². The van der Waals surface area contributed by atoms with Crippen LogP contribution >= 0.6 is 0 Å². The number of anilines is 1. The topological polar surface area (TPSA) is 67.2 Å². The Morgan fingerprint density at radius 1 is 1.06 bits per heavy atom. The van der Waals surface area contributed by atoms with E-state index in [1.807, 2.05) is 43.3 Å². The highest BCUT2D eigenvalue weighted by Gasteiger charge is 2.28. The van der Waals surface area contributed by atoms with E-state index in [2.05, 4.69) is 5.32 Å². The minimum atomic E-state index is -0.459. The number of carbonyl (C=O) groups is 1. The molecule has 0 aliphatic rings. The Balaban J connectivity index is 1.72. The molecule has 0 saturated heterocycles. The molecule has 1 heterocycles. The van der Waals surface area contributed by atoms with Crippen LogP contribution in [0.25, 0.3) is 10.9 Å². The molecule has 1 N–H and O–H groups in total. The molecular formula is C27H27FN4O2. The lowest BCUT2D eigenvalue weighted by molar-refractivity contribution is 0.181. The molecule has 0 aliphatic heterocycles. The van der Waals surface area contributed by atoms with Crippen molar-refractivity contribution in [1.29, 1.82) is 0 Å². The fourth-order valence-electron chi connectivity index (χ4n) is 4.13. The first-order valence-electron chi connectivity index (χ1n) is 11.3. The maximum absolute atomic E-state index is 13.7. The van der Waals surface area contributed by atoms with Crippen molar-refractivity contribution in [2.24, 2.45) is 7.05 Å². The molecule has 0 bridgehead atoms. The van der Waals surface area contributed by atoms with Crippen molar-refractivity contribution in [2.45, 2.75) is 25.8 Å². The van der Waals surface area contributed by atoms with Gasteiger partial charge in [-0.25, -0.2) is 14.2 Å². The summed E-state index contributed by atoms with van der Waals surface area (Å²) in [5.41, 5.74) is 1.88. The summed E-state index contributed by atoms with van der Waals surface area (Å²) in [6, 6.07) is 22.0. The van der Waals surface area contributed by atoms with Gasteiger partial charge in [-0.2, -0.15) is 0 Å². The fraction of sp³-hybridized carbons (Fsp3) is 0.222. The first-order chi connectivity index (χ1) is 16.5. The molecule has 3 aromatic carbocycles. The number of fused-ring (bicyclic) bond motifs is 1. The number of nitrogens with zero attached hydrogens (tertiary/aromatic N) is 3. The lowest BCUT2D eigenvalue weighted by atomic mass is 10.1. The minimum absolute atomic E-state index is 0.160. The molecule has 1 atom stereocenters. The van der Waals surface area contributed by atoms with Crippen LogP contribution in [0.2, 0.25) is 0 Å². The number of para-hydroxylation sites is 1. The van der Waals surface area contributed by atoms with Crippen LogP contribution in [0.5, 0.6) is 0 Å². The number of halogens is 1. The lowest BCUT2D eigenvalue weighted by Gasteiger charge is -2.32. The van der Waals surface area contributed by atoms with Gasteiger partial charge < -0.3 is 10.2 Å². The maximum atomic E-state index is 13.7. The molecule has 0 radical (unpaired) electrons. The van der Waals surface area contributed by atoms with E-state index in [0.29, 0.717) is 41.8 Å². The van der Waals surface area contributed by atoms with Crippen molar-refractivity contribution in [2.75, 3.05) is 11.9 Å². The summed E-state index contributed by atoms with van der Waals surface area (Å²) in [5, 5.41) is 3.34. The summed E-state index contributed by atoms with van der Waals surface area (Å²) in [7, 11) is 1.68. The largest absolute Gasteiger partial charge is 0.322 e. The third-order valence-corrected chi connectivity index (χ3v) is 5.90. The summed E-state index contributed by atoms with van der Waals surface area (Å²) in [6.45, 7) is 2.35. The molecule has 7 heteroatoms. The lowest BCUT2D eigenvalue weighted by Crippen LogP contribution is -2.41. The minimum Gasteiger partial charge on any atom is -0.314 e. The van der Waals surface area contributed by atoms with E-state index in [0.717, 1.165) is 5.56 Å². The highest BCUT2D eigenvalue weighted by molar-refractivity contribution is 5.89. The molecule has 0 aliphatic carbocycles. The number of urea groups is 1. The standard InChI is InChI=1S/C27H27FN4O2/c1-3-24(25-30-23-15-8-7-14-22(23)26(33)31(25)2)32(17-16-19-10-5-4-6-11-19)27(34)29-21-13-9-12-20(28)18-21/h4-15,18,24H,3,16-17H2,1-2H3,(H,29,34). The molecule has 174 valence electrons. The van der Waals surface area contributed by atoms with Crippen LogP contribution in [0.1, 0.15) is 30.8 Å². The van der Waals surface area contributed by atoms with Crippen LogP contribution in [0.3, 0.4) is 0 Å². The summed E-state index contributed by atoms with van der Waals surface area (Å²) in [6.07, 6.45) is 1.17. The molecule has 4 aromatic rings. The number of rotatable bonds is 7. The zero-order valence-corrected chi connectivity index (χ0v) is 19.2. The Hall–Kier alpha value is -4.00. The van der Waals surface area contributed by atoms with Crippen LogP contribution in [0, 0.1) is 5.82 Å². The van der Waals surface area contributed by atoms with Crippen LogP contribution in [0.4, 0.5) is 14.9 Å². The number of carbonyl (C=O) groups excluding carboxylic acids is 1. The van der Waals surface area contributed by atoms with Gasteiger partial charge in [-0.3, -0.25) is 9.36 Å². The van der Waals surface area contributed by atoms with Crippen molar-refractivity contribution in [1.82, 2.24) is 14.5 Å². The van der Waals surface area contributed by atoms with Gasteiger partial charge in [0.25, 0.3) is 5.56 Å². The van der Waals surface area contributed by atoms with Crippen LogP contribution in [0.15, 0.2) is 83.7 Å². The summed E-state index contributed by atoms with van der Waals surface area (Å²) < 4.78 is 15.2. The summed E-state index contributed by atoms with van der Waals surface area (Å²) in [5.74, 6) is 0.0768. The number of nitrogens with one attached hydrogen (secondary N) is 1. The second kappa shape index (κ2) is 10.3. The number of benzene rings is 3. The summed E-state index contributed by atoms with van der Waals surface area (Å²) in [4.78, 5) is 32.9. The van der Waals surface area contributed by atoms with Gasteiger partial charge in [0.05, 0.1) is 16.9 Å². The molecule has 2 amide bonds. The van der Waals surface area contributed by atoms with Gasteiger partial charge >= 0.3 is 6.03 Å². The van der Waals surface area contributed by atoms with Crippen molar-refractivity contribution < 1.29 is 9.18 Å². The van der Waals surface area contributed by atoms with Gasteiger partial charge in [-0.15, -0.1) is 0 Å².